The molecule has 0 aromatic carbocycles. The van der Waals surface area contributed by atoms with E-state index in [0.717, 1.165) is 17.2 Å². The zero-order valence-electron chi connectivity index (χ0n) is 8.11. The number of thiazole rings is 1. The second kappa shape index (κ2) is 3.10. The van der Waals surface area contributed by atoms with E-state index < -0.39 is 0 Å². The van der Waals surface area contributed by atoms with Gasteiger partial charge in [-0.05, 0) is 12.8 Å². The molecule has 4 heteroatoms. The van der Waals surface area contributed by atoms with Crippen molar-refractivity contribution < 1.29 is 0 Å². The van der Waals surface area contributed by atoms with Crippen LogP contribution in [0.5, 0.6) is 0 Å². The predicted molar refractivity (Wildman–Crippen MR) is 54.1 cm³/mol. The molecule has 0 fully saturated rings. The van der Waals surface area contributed by atoms with E-state index >= 15 is 0 Å². The van der Waals surface area contributed by atoms with Crippen LogP contribution in [0.2, 0.25) is 0 Å². The maximum atomic E-state index is 4.44. The fraction of sp³-hybridized carbons (Fsp3) is 0.556. The molecule has 0 bridgehead atoms. The molecular formula is C9H13N3S. The molecule has 0 amide bonds. The molecule has 3 nitrogen and oxygen atoms in total. The Bertz CT molecular complexity index is 413. The van der Waals surface area contributed by atoms with Gasteiger partial charge in [-0.2, -0.15) is 5.10 Å². The molecule has 0 unspecified atom stereocenters. The Morgan fingerprint density at radius 3 is 2.92 bits per heavy atom. The highest BCUT2D eigenvalue weighted by Gasteiger charge is 2.07. The molecule has 0 aliphatic carbocycles. The number of nitrogens with zero attached hydrogens (tertiary/aromatic N) is 3. The van der Waals surface area contributed by atoms with Crippen molar-refractivity contribution in [2.24, 2.45) is 5.92 Å². The van der Waals surface area contributed by atoms with Crippen LogP contribution in [-0.2, 0) is 6.42 Å². The van der Waals surface area contributed by atoms with Gasteiger partial charge in [0.1, 0.15) is 0 Å². The second-order valence-corrected chi connectivity index (χ2v) is 4.53. The molecule has 0 spiro atoms. The first-order chi connectivity index (χ1) is 6.16. The molecular weight excluding hydrogens is 182 g/mol. The van der Waals surface area contributed by atoms with E-state index in [9.17, 15) is 0 Å². The van der Waals surface area contributed by atoms with Gasteiger partial charge in [0.15, 0.2) is 5.82 Å². The second-order valence-electron chi connectivity index (χ2n) is 3.70. The van der Waals surface area contributed by atoms with Gasteiger partial charge in [0.25, 0.3) is 0 Å². The number of fused-ring (bicyclic) bond motifs is 1. The van der Waals surface area contributed by atoms with E-state index in [0.29, 0.717) is 5.92 Å². The Kier molecular flexibility index (Phi) is 2.07. The Morgan fingerprint density at radius 1 is 1.54 bits per heavy atom. The van der Waals surface area contributed by atoms with Crippen molar-refractivity contribution in [3.05, 3.63) is 16.9 Å². The molecule has 13 heavy (non-hydrogen) atoms. The molecule has 2 aromatic heterocycles. The summed E-state index contributed by atoms with van der Waals surface area (Å²) < 4.78 is 1.92. The zero-order valence-corrected chi connectivity index (χ0v) is 8.93. The molecule has 2 rings (SSSR count). The summed E-state index contributed by atoms with van der Waals surface area (Å²) in [5, 5.41) is 6.51. The summed E-state index contributed by atoms with van der Waals surface area (Å²) in [4.78, 5) is 5.45. The molecule has 0 aliphatic heterocycles. The van der Waals surface area contributed by atoms with Gasteiger partial charge < -0.3 is 0 Å². The van der Waals surface area contributed by atoms with Crippen LogP contribution < -0.4 is 0 Å². The van der Waals surface area contributed by atoms with Gasteiger partial charge in [-0.25, -0.2) is 9.50 Å². The summed E-state index contributed by atoms with van der Waals surface area (Å²) in [6.07, 6.45) is 0.966. The molecule has 70 valence electrons. The molecule has 0 atom stereocenters. The monoisotopic (exact) mass is 195 g/mol. The quantitative estimate of drug-likeness (QED) is 0.736. The van der Waals surface area contributed by atoms with E-state index in [4.69, 9.17) is 0 Å². The van der Waals surface area contributed by atoms with Gasteiger partial charge in [0, 0.05) is 11.8 Å². The minimum Gasteiger partial charge on any atom is -0.208 e. The zero-order chi connectivity index (χ0) is 9.42. The highest BCUT2D eigenvalue weighted by molar-refractivity contribution is 7.15. The lowest BCUT2D eigenvalue weighted by Crippen LogP contribution is -1.97. The van der Waals surface area contributed by atoms with Crippen molar-refractivity contribution >= 4 is 16.3 Å². The van der Waals surface area contributed by atoms with Crippen molar-refractivity contribution in [3.63, 3.8) is 0 Å². The molecule has 0 saturated heterocycles. The average molecular weight is 195 g/mol. The number of hydrogen-bond acceptors (Lipinski definition) is 3. The maximum absolute atomic E-state index is 4.44. The summed E-state index contributed by atoms with van der Waals surface area (Å²) >= 11 is 1.65. The van der Waals surface area contributed by atoms with Crippen LogP contribution in [0.4, 0.5) is 0 Å². The minimum absolute atomic E-state index is 0.623. The third kappa shape index (κ3) is 1.58. The van der Waals surface area contributed by atoms with Gasteiger partial charge in [-0.3, -0.25) is 0 Å². The number of aryl methyl sites for hydroxylation is 1. The van der Waals surface area contributed by atoms with Crippen LogP contribution >= 0.6 is 11.3 Å². The highest BCUT2D eigenvalue weighted by Crippen LogP contribution is 2.14. The van der Waals surface area contributed by atoms with E-state index in [-0.39, 0.29) is 0 Å². The number of hydrogen-bond donors (Lipinski definition) is 0. The van der Waals surface area contributed by atoms with E-state index in [2.05, 4.69) is 36.2 Å². The van der Waals surface area contributed by atoms with Gasteiger partial charge in [0.05, 0.1) is 5.69 Å². The first-order valence-corrected chi connectivity index (χ1v) is 5.34. The predicted octanol–water partition coefficient (Wildman–Crippen LogP) is 2.30. The van der Waals surface area contributed by atoms with Crippen LogP contribution in [0.1, 0.15) is 25.4 Å². The number of rotatable bonds is 2. The van der Waals surface area contributed by atoms with Crippen LogP contribution in [0.25, 0.3) is 4.96 Å². The molecule has 0 saturated carbocycles. The summed E-state index contributed by atoms with van der Waals surface area (Å²) in [5.41, 5.74) is 1.17. The van der Waals surface area contributed by atoms with E-state index in [1.807, 2.05) is 4.52 Å². The van der Waals surface area contributed by atoms with Crippen molar-refractivity contribution in [1.82, 2.24) is 14.6 Å². The summed E-state index contributed by atoms with van der Waals surface area (Å²) in [7, 11) is 0. The molecule has 0 radical (unpaired) electrons. The third-order valence-electron chi connectivity index (χ3n) is 1.88. The van der Waals surface area contributed by atoms with Crippen molar-refractivity contribution in [3.8, 4) is 0 Å². The van der Waals surface area contributed by atoms with Gasteiger partial charge in [0.2, 0.25) is 4.96 Å². The first-order valence-electron chi connectivity index (χ1n) is 4.46. The van der Waals surface area contributed by atoms with Crippen LogP contribution in [0.15, 0.2) is 5.38 Å². The Hall–Kier alpha value is -0.900. The normalized spacial score (nSPS) is 11.7. The van der Waals surface area contributed by atoms with Gasteiger partial charge in [-0.1, -0.05) is 13.8 Å². The highest BCUT2D eigenvalue weighted by atomic mass is 32.1. The maximum Gasteiger partial charge on any atom is 0.212 e. The lowest BCUT2D eigenvalue weighted by atomic mass is 10.1. The van der Waals surface area contributed by atoms with Crippen molar-refractivity contribution in [2.75, 3.05) is 0 Å². The topological polar surface area (TPSA) is 30.2 Å². The fourth-order valence-corrected chi connectivity index (χ4v) is 2.10. The molecule has 2 heterocycles. The van der Waals surface area contributed by atoms with Crippen molar-refractivity contribution in [1.29, 1.82) is 0 Å². The average Bonchev–Trinajstić information content (AvgIpc) is 2.53. The summed E-state index contributed by atoms with van der Waals surface area (Å²) in [6, 6.07) is 0. The molecule has 2 aromatic rings. The summed E-state index contributed by atoms with van der Waals surface area (Å²) in [6.45, 7) is 6.42. The van der Waals surface area contributed by atoms with Gasteiger partial charge >= 0.3 is 0 Å². The minimum atomic E-state index is 0.623. The van der Waals surface area contributed by atoms with Crippen LogP contribution in [0.3, 0.4) is 0 Å². The largest absolute Gasteiger partial charge is 0.212 e. The third-order valence-corrected chi connectivity index (χ3v) is 2.82. The van der Waals surface area contributed by atoms with Crippen LogP contribution in [0, 0.1) is 12.8 Å². The molecule has 0 N–H and O–H groups in total. The Morgan fingerprint density at radius 2 is 2.31 bits per heavy atom. The lowest BCUT2D eigenvalue weighted by molar-refractivity contribution is 0.619. The SMILES string of the molecule is Cc1csc2nc(CC(C)C)nn12. The van der Waals surface area contributed by atoms with Gasteiger partial charge in [-0.15, -0.1) is 11.3 Å². The number of aromatic nitrogens is 3. The Balaban J connectivity index is 2.39. The lowest BCUT2D eigenvalue weighted by Gasteiger charge is -1.96. The molecule has 0 aliphatic rings. The van der Waals surface area contributed by atoms with Crippen molar-refractivity contribution in [2.45, 2.75) is 27.2 Å². The van der Waals surface area contributed by atoms with E-state index in [1.165, 1.54) is 5.69 Å². The smallest absolute Gasteiger partial charge is 0.208 e. The van der Waals surface area contributed by atoms with E-state index in [1.54, 1.807) is 11.3 Å². The van der Waals surface area contributed by atoms with Crippen LogP contribution in [-0.4, -0.2) is 14.6 Å². The Labute approximate surface area is 81.4 Å². The standard InChI is InChI=1S/C9H13N3S/c1-6(2)4-8-10-9-12(11-8)7(3)5-13-9/h5-6H,4H2,1-3H3. The fourth-order valence-electron chi connectivity index (χ4n) is 1.28. The summed E-state index contributed by atoms with van der Waals surface area (Å²) in [5.74, 6) is 1.59. The first kappa shape index (κ1) is 8.69.